The molecule has 0 aliphatic carbocycles. The predicted octanol–water partition coefficient (Wildman–Crippen LogP) is -0.191. The van der Waals surface area contributed by atoms with E-state index in [2.05, 4.69) is 5.32 Å². The number of amides is 1. The van der Waals surface area contributed by atoms with Crippen LogP contribution in [-0.4, -0.2) is 25.2 Å². The van der Waals surface area contributed by atoms with E-state index in [1.54, 1.807) is 0 Å². The summed E-state index contributed by atoms with van der Waals surface area (Å²) in [7, 11) is 0. The highest BCUT2D eigenvalue weighted by atomic mass is 19.1. The van der Waals surface area contributed by atoms with Crippen LogP contribution in [0.5, 0.6) is 0 Å². The van der Waals surface area contributed by atoms with Gasteiger partial charge in [0.2, 0.25) is 5.91 Å². The molecular formula is C6H13FN2O. The molecule has 0 aromatic rings. The van der Waals surface area contributed by atoms with Gasteiger partial charge in [0.05, 0.1) is 6.04 Å². The van der Waals surface area contributed by atoms with Crippen LogP contribution in [0.2, 0.25) is 0 Å². The Morgan fingerprint density at radius 1 is 1.80 bits per heavy atom. The Labute approximate surface area is 59.8 Å². The lowest BCUT2D eigenvalue weighted by Gasteiger charge is -2.10. The highest BCUT2D eigenvalue weighted by Gasteiger charge is 2.09. The maximum absolute atomic E-state index is 11.5. The molecule has 0 rings (SSSR count). The van der Waals surface area contributed by atoms with E-state index in [4.69, 9.17) is 5.73 Å². The first kappa shape index (κ1) is 9.36. The number of carbonyl (C=O) groups is 1. The minimum Gasteiger partial charge on any atom is -0.368 e. The van der Waals surface area contributed by atoms with E-state index in [0.717, 1.165) is 0 Å². The van der Waals surface area contributed by atoms with E-state index in [1.165, 1.54) is 0 Å². The van der Waals surface area contributed by atoms with Crippen molar-refractivity contribution in [3.05, 3.63) is 0 Å². The SMILES string of the molecule is CCC(NCCF)C(N)=O. The molecule has 10 heavy (non-hydrogen) atoms. The number of halogens is 1. The van der Waals surface area contributed by atoms with Crippen LogP contribution >= 0.6 is 0 Å². The average Bonchev–Trinajstić information content (AvgIpc) is 1.89. The zero-order chi connectivity index (χ0) is 7.98. The summed E-state index contributed by atoms with van der Waals surface area (Å²) in [6, 6.07) is -0.379. The topological polar surface area (TPSA) is 55.1 Å². The quantitative estimate of drug-likeness (QED) is 0.567. The van der Waals surface area contributed by atoms with Crippen LogP contribution in [0.1, 0.15) is 13.3 Å². The van der Waals surface area contributed by atoms with Gasteiger partial charge in [0.1, 0.15) is 6.67 Å². The number of nitrogens with one attached hydrogen (secondary N) is 1. The van der Waals surface area contributed by atoms with Gasteiger partial charge in [-0.3, -0.25) is 4.79 Å². The molecular weight excluding hydrogens is 135 g/mol. The molecule has 4 heteroatoms. The second-order valence-electron chi connectivity index (χ2n) is 2.01. The first-order valence-electron chi connectivity index (χ1n) is 3.31. The third kappa shape index (κ3) is 3.40. The molecule has 0 saturated heterocycles. The van der Waals surface area contributed by atoms with Gasteiger partial charge in [0.25, 0.3) is 0 Å². The molecule has 0 aliphatic rings. The van der Waals surface area contributed by atoms with Crippen molar-refractivity contribution in [3.63, 3.8) is 0 Å². The summed E-state index contributed by atoms with van der Waals surface area (Å²) in [5.74, 6) is -0.420. The van der Waals surface area contributed by atoms with Gasteiger partial charge in [0.15, 0.2) is 0 Å². The molecule has 1 amide bonds. The number of hydrogen-bond donors (Lipinski definition) is 2. The molecule has 1 unspecified atom stereocenters. The fourth-order valence-corrected chi connectivity index (χ4v) is 0.675. The van der Waals surface area contributed by atoms with Crippen molar-refractivity contribution in [3.8, 4) is 0 Å². The van der Waals surface area contributed by atoms with E-state index in [-0.39, 0.29) is 12.6 Å². The Hall–Kier alpha value is -0.640. The van der Waals surface area contributed by atoms with Crippen LogP contribution < -0.4 is 11.1 Å². The Balaban J connectivity index is 3.50. The third-order valence-electron chi connectivity index (χ3n) is 1.24. The lowest BCUT2D eigenvalue weighted by molar-refractivity contribution is -0.120. The van der Waals surface area contributed by atoms with Crippen molar-refractivity contribution >= 4 is 5.91 Å². The van der Waals surface area contributed by atoms with Gasteiger partial charge in [-0.15, -0.1) is 0 Å². The number of rotatable bonds is 5. The fourth-order valence-electron chi connectivity index (χ4n) is 0.675. The van der Waals surface area contributed by atoms with E-state index in [9.17, 15) is 9.18 Å². The number of nitrogens with two attached hydrogens (primary N) is 1. The van der Waals surface area contributed by atoms with Crippen molar-refractivity contribution < 1.29 is 9.18 Å². The highest BCUT2D eigenvalue weighted by Crippen LogP contribution is 1.87. The smallest absolute Gasteiger partial charge is 0.234 e. The molecule has 1 atom stereocenters. The first-order valence-corrected chi connectivity index (χ1v) is 3.31. The molecule has 3 nitrogen and oxygen atoms in total. The molecule has 60 valence electrons. The summed E-state index contributed by atoms with van der Waals surface area (Å²) >= 11 is 0. The first-order chi connectivity index (χ1) is 4.72. The maximum atomic E-state index is 11.5. The summed E-state index contributed by atoms with van der Waals surface area (Å²) in [5, 5.41) is 2.67. The van der Waals surface area contributed by atoms with E-state index < -0.39 is 12.6 Å². The van der Waals surface area contributed by atoms with Gasteiger partial charge < -0.3 is 11.1 Å². The van der Waals surface area contributed by atoms with E-state index in [1.807, 2.05) is 6.92 Å². The lowest BCUT2D eigenvalue weighted by atomic mass is 10.2. The largest absolute Gasteiger partial charge is 0.368 e. The predicted molar refractivity (Wildman–Crippen MR) is 37.3 cm³/mol. The summed E-state index contributed by atoms with van der Waals surface area (Å²) in [5.41, 5.74) is 4.96. The fraction of sp³-hybridized carbons (Fsp3) is 0.833. The number of carbonyl (C=O) groups excluding carboxylic acids is 1. The van der Waals surface area contributed by atoms with Gasteiger partial charge in [-0.2, -0.15) is 0 Å². The highest BCUT2D eigenvalue weighted by molar-refractivity contribution is 5.79. The second kappa shape index (κ2) is 5.17. The number of hydrogen-bond acceptors (Lipinski definition) is 2. The number of primary amides is 1. The second-order valence-corrected chi connectivity index (χ2v) is 2.01. The Kier molecular flexibility index (Phi) is 4.84. The monoisotopic (exact) mass is 148 g/mol. The van der Waals surface area contributed by atoms with E-state index in [0.29, 0.717) is 6.42 Å². The van der Waals surface area contributed by atoms with Crippen LogP contribution in [0.25, 0.3) is 0 Å². The van der Waals surface area contributed by atoms with Crippen molar-refractivity contribution in [1.82, 2.24) is 5.32 Å². The van der Waals surface area contributed by atoms with Crippen molar-refractivity contribution in [1.29, 1.82) is 0 Å². The molecule has 0 bridgehead atoms. The molecule has 0 radical (unpaired) electrons. The van der Waals surface area contributed by atoms with Gasteiger partial charge in [-0.05, 0) is 6.42 Å². The zero-order valence-corrected chi connectivity index (χ0v) is 6.06. The normalized spacial score (nSPS) is 13.0. The van der Waals surface area contributed by atoms with Crippen molar-refractivity contribution in [2.75, 3.05) is 13.2 Å². The molecule has 0 saturated carbocycles. The minimum atomic E-state index is -0.468. The maximum Gasteiger partial charge on any atom is 0.234 e. The van der Waals surface area contributed by atoms with Crippen molar-refractivity contribution in [2.24, 2.45) is 5.73 Å². The molecule has 0 fully saturated rings. The Morgan fingerprint density at radius 3 is 2.70 bits per heavy atom. The van der Waals surface area contributed by atoms with Crippen LogP contribution in [0.3, 0.4) is 0 Å². The summed E-state index contributed by atoms with van der Waals surface area (Å²) < 4.78 is 11.5. The van der Waals surface area contributed by atoms with E-state index >= 15 is 0 Å². The zero-order valence-electron chi connectivity index (χ0n) is 6.06. The van der Waals surface area contributed by atoms with Crippen LogP contribution in [0.15, 0.2) is 0 Å². The van der Waals surface area contributed by atoms with Gasteiger partial charge in [0, 0.05) is 6.54 Å². The minimum absolute atomic E-state index is 0.196. The lowest BCUT2D eigenvalue weighted by Crippen LogP contribution is -2.41. The summed E-state index contributed by atoms with van der Waals surface area (Å²) in [4.78, 5) is 10.5. The summed E-state index contributed by atoms with van der Waals surface area (Å²) in [6.07, 6.45) is 0.606. The molecule has 3 N–H and O–H groups in total. The van der Waals surface area contributed by atoms with Gasteiger partial charge in [-0.25, -0.2) is 4.39 Å². The van der Waals surface area contributed by atoms with Gasteiger partial charge >= 0.3 is 0 Å². The van der Waals surface area contributed by atoms with Gasteiger partial charge in [-0.1, -0.05) is 6.92 Å². The Bertz CT molecular complexity index is 108. The molecule has 0 heterocycles. The molecule has 0 aliphatic heterocycles. The summed E-state index contributed by atoms with van der Waals surface area (Å²) in [6.45, 7) is 1.55. The van der Waals surface area contributed by atoms with Crippen LogP contribution in [0, 0.1) is 0 Å². The average molecular weight is 148 g/mol. The van der Waals surface area contributed by atoms with Crippen LogP contribution in [0.4, 0.5) is 4.39 Å². The van der Waals surface area contributed by atoms with Crippen molar-refractivity contribution in [2.45, 2.75) is 19.4 Å². The number of alkyl halides is 1. The molecule has 0 aromatic carbocycles. The van der Waals surface area contributed by atoms with Crippen LogP contribution in [-0.2, 0) is 4.79 Å². The molecule has 0 aromatic heterocycles. The Morgan fingerprint density at radius 2 is 2.40 bits per heavy atom. The standard InChI is InChI=1S/C6H13FN2O/c1-2-5(6(8)10)9-4-3-7/h5,9H,2-4H2,1H3,(H2,8,10). The third-order valence-corrected chi connectivity index (χ3v) is 1.24. The molecule has 0 spiro atoms.